The van der Waals surface area contributed by atoms with Gasteiger partial charge < -0.3 is 9.64 Å². The first-order valence-electron chi connectivity index (χ1n) is 6.23. The predicted molar refractivity (Wildman–Crippen MR) is 79.2 cm³/mol. The van der Waals surface area contributed by atoms with Gasteiger partial charge in [0.15, 0.2) is 0 Å². The third-order valence-corrected chi connectivity index (χ3v) is 4.18. The molecule has 1 saturated carbocycles. The number of methoxy groups -OCH3 is 1. The van der Waals surface area contributed by atoms with E-state index < -0.39 is 0 Å². The molecule has 1 aliphatic rings. The van der Waals surface area contributed by atoms with Crippen LogP contribution in [0.2, 0.25) is 0 Å². The van der Waals surface area contributed by atoms with Crippen LogP contribution in [-0.2, 0) is 16.1 Å². The highest BCUT2D eigenvalue weighted by Gasteiger charge is 2.33. The summed E-state index contributed by atoms with van der Waals surface area (Å²) in [7, 11) is 1.67. The zero-order chi connectivity index (χ0) is 13.0. The van der Waals surface area contributed by atoms with Crippen molar-refractivity contribution in [3.63, 3.8) is 0 Å². The largest absolute Gasteiger partial charge is 0.383 e. The molecule has 0 heterocycles. The van der Waals surface area contributed by atoms with E-state index in [2.05, 4.69) is 34.7 Å². The fourth-order valence-corrected chi connectivity index (χ4v) is 2.45. The Bertz CT molecular complexity index is 418. The number of ether oxygens (including phenoxy) is 1. The van der Waals surface area contributed by atoms with Gasteiger partial charge >= 0.3 is 0 Å². The minimum Gasteiger partial charge on any atom is -0.383 e. The maximum atomic E-state index is 12.2. The average molecular weight is 359 g/mol. The normalized spacial score (nSPS) is 14.6. The maximum Gasteiger partial charge on any atom is 0.226 e. The van der Waals surface area contributed by atoms with Gasteiger partial charge in [-0.2, -0.15) is 0 Å². The first-order chi connectivity index (χ1) is 8.72. The van der Waals surface area contributed by atoms with Crippen LogP contribution in [0.3, 0.4) is 0 Å². The highest BCUT2D eigenvalue weighted by Crippen LogP contribution is 2.31. The highest BCUT2D eigenvalue weighted by atomic mass is 127. The van der Waals surface area contributed by atoms with Crippen molar-refractivity contribution in [1.82, 2.24) is 4.90 Å². The van der Waals surface area contributed by atoms with Crippen LogP contribution in [0.5, 0.6) is 0 Å². The highest BCUT2D eigenvalue weighted by molar-refractivity contribution is 14.1. The van der Waals surface area contributed by atoms with Crippen molar-refractivity contribution in [2.24, 2.45) is 5.92 Å². The Labute approximate surface area is 122 Å². The molecule has 18 heavy (non-hydrogen) atoms. The lowest BCUT2D eigenvalue weighted by Crippen LogP contribution is -2.34. The molecule has 1 fully saturated rings. The zero-order valence-electron chi connectivity index (χ0n) is 10.6. The minimum absolute atomic E-state index is 0.267. The third-order valence-electron chi connectivity index (χ3n) is 3.12. The molecule has 3 nitrogen and oxygen atoms in total. The van der Waals surface area contributed by atoms with Crippen molar-refractivity contribution in [2.45, 2.75) is 19.4 Å². The summed E-state index contributed by atoms with van der Waals surface area (Å²) in [6, 6.07) is 8.20. The van der Waals surface area contributed by atoms with Gasteiger partial charge in [-0.25, -0.2) is 0 Å². The number of carbonyl (C=O) groups is 1. The second kappa shape index (κ2) is 6.52. The molecule has 1 aliphatic carbocycles. The van der Waals surface area contributed by atoms with E-state index >= 15 is 0 Å². The molecule has 0 spiro atoms. The van der Waals surface area contributed by atoms with Gasteiger partial charge in [0.1, 0.15) is 0 Å². The van der Waals surface area contributed by atoms with Gasteiger partial charge in [-0.3, -0.25) is 4.79 Å². The summed E-state index contributed by atoms with van der Waals surface area (Å²) in [6.45, 7) is 1.97. The Balaban J connectivity index is 2.04. The molecule has 4 heteroatoms. The van der Waals surface area contributed by atoms with Gasteiger partial charge in [0, 0.05) is 29.7 Å². The lowest BCUT2D eigenvalue weighted by Gasteiger charge is -2.23. The molecule has 1 amide bonds. The second-order valence-corrected chi connectivity index (χ2v) is 5.78. The molecule has 0 radical (unpaired) electrons. The smallest absolute Gasteiger partial charge is 0.226 e. The topological polar surface area (TPSA) is 29.5 Å². The van der Waals surface area contributed by atoms with Crippen LogP contribution in [0.1, 0.15) is 18.4 Å². The average Bonchev–Trinajstić information content (AvgIpc) is 3.20. The summed E-state index contributed by atoms with van der Waals surface area (Å²) in [5.74, 6) is 0.551. The van der Waals surface area contributed by atoms with Crippen LogP contribution < -0.4 is 0 Å². The second-order valence-electron chi connectivity index (χ2n) is 4.62. The maximum absolute atomic E-state index is 12.2. The molecule has 0 aliphatic heterocycles. The number of halogens is 1. The van der Waals surface area contributed by atoms with Gasteiger partial charge in [-0.05, 0) is 47.1 Å². The summed E-state index contributed by atoms with van der Waals surface area (Å²) in [5.41, 5.74) is 1.21. The Kier molecular flexibility index (Phi) is 5.00. The molecular weight excluding hydrogens is 341 g/mol. The van der Waals surface area contributed by atoms with Crippen molar-refractivity contribution in [3.05, 3.63) is 33.4 Å². The standard InChI is InChI=1S/C14H18INO2/c1-18-9-8-16(14(17)11-6-7-11)10-12-4-2-3-5-13(12)15/h2-5,11H,6-10H2,1H3. The Morgan fingerprint density at radius 2 is 2.17 bits per heavy atom. The van der Waals surface area contributed by atoms with Gasteiger partial charge in [0.2, 0.25) is 5.91 Å². The summed E-state index contributed by atoms with van der Waals surface area (Å²) >= 11 is 2.32. The van der Waals surface area contributed by atoms with E-state index in [0.29, 0.717) is 19.7 Å². The number of rotatable bonds is 6. The fourth-order valence-electron chi connectivity index (χ4n) is 1.89. The van der Waals surface area contributed by atoms with E-state index in [1.54, 1.807) is 7.11 Å². The first-order valence-corrected chi connectivity index (χ1v) is 7.31. The van der Waals surface area contributed by atoms with E-state index in [-0.39, 0.29) is 11.8 Å². The zero-order valence-corrected chi connectivity index (χ0v) is 12.7. The van der Waals surface area contributed by atoms with E-state index in [0.717, 1.165) is 12.8 Å². The number of carbonyl (C=O) groups excluding carboxylic acids is 1. The summed E-state index contributed by atoms with van der Waals surface area (Å²) in [4.78, 5) is 14.1. The SMILES string of the molecule is COCCN(Cc1ccccc1I)C(=O)C1CC1. The molecule has 0 saturated heterocycles. The molecule has 0 aromatic heterocycles. The van der Waals surface area contributed by atoms with Crippen molar-refractivity contribution >= 4 is 28.5 Å². The van der Waals surface area contributed by atoms with Crippen molar-refractivity contribution in [2.75, 3.05) is 20.3 Å². The molecule has 0 unspecified atom stereocenters. The molecule has 1 aromatic rings. The molecular formula is C14H18INO2. The van der Waals surface area contributed by atoms with Gasteiger partial charge in [-0.15, -0.1) is 0 Å². The van der Waals surface area contributed by atoms with E-state index in [1.165, 1.54) is 9.13 Å². The van der Waals surface area contributed by atoms with E-state index in [4.69, 9.17) is 4.74 Å². The van der Waals surface area contributed by atoms with Gasteiger partial charge in [0.25, 0.3) is 0 Å². The Morgan fingerprint density at radius 1 is 1.44 bits per heavy atom. The number of amides is 1. The molecule has 1 aromatic carbocycles. The Hall–Kier alpha value is -0.620. The first kappa shape index (κ1) is 13.8. The molecule has 0 N–H and O–H groups in total. The third kappa shape index (κ3) is 3.68. The summed E-state index contributed by atoms with van der Waals surface area (Å²) < 4.78 is 6.30. The van der Waals surface area contributed by atoms with Gasteiger partial charge in [-0.1, -0.05) is 18.2 Å². The minimum atomic E-state index is 0.267. The lowest BCUT2D eigenvalue weighted by molar-refractivity contribution is -0.133. The number of nitrogens with zero attached hydrogens (tertiary/aromatic N) is 1. The number of hydrogen-bond acceptors (Lipinski definition) is 2. The molecule has 98 valence electrons. The van der Waals surface area contributed by atoms with E-state index in [1.807, 2.05) is 17.0 Å². The summed E-state index contributed by atoms with van der Waals surface area (Å²) in [6.07, 6.45) is 2.10. The molecule has 0 bridgehead atoms. The van der Waals surface area contributed by atoms with Crippen LogP contribution >= 0.6 is 22.6 Å². The van der Waals surface area contributed by atoms with Crippen molar-refractivity contribution in [1.29, 1.82) is 0 Å². The summed E-state index contributed by atoms with van der Waals surface area (Å²) in [5, 5.41) is 0. The molecule has 2 rings (SSSR count). The van der Waals surface area contributed by atoms with Gasteiger partial charge in [0.05, 0.1) is 6.61 Å². The predicted octanol–water partition coefficient (Wildman–Crippen LogP) is 2.68. The Morgan fingerprint density at radius 3 is 2.78 bits per heavy atom. The van der Waals surface area contributed by atoms with Crippen LogP contribution in [0.15, 0.2) is 24.3 Å². The lowest BCUT2D eigenvalue weighted by atomic mass is 10.2. The number of hydrogen-bond donors (Lipinski definition) is 0. The van der Waals surface area contributed by atoms with Crippen LogP contribution in [0, 0.1) is 9.49 Å². The van der Waals surface area contributed by atoms with Crippen LogP contribution in [0.4, 0.5) is 0 Å². The molecule has 0 atom stereocenters. The van der Waals surface area contributed by atoms with Crippen molar-refractivity contribution in [3.8, 4) is 0 Å². The van der Waals surface area contributed by atoms with E-state index in [9.17, 15) is 4.79 Å². The fraction of sp³-hybridized carbons (Fsp3) is 0.500. The monoisotopic (exact) mass is 359 g/mol. The quantitative estimate of drug-likeness (QED) is 0.731. The number of benzene rings is 1. The van der Waals surface area contributed by atoms with Crippen LogP contribution in [0.25, 0.3) is 0 Å². The van der Waals surface area contributed by atoms with Crippen LogP contribution in [-0.4, -0.2) is 31.1 Å². The van der Waals surface area contributed by atoms with Crippen molar-refractivity contribution < 1.29 is 9.53 Å².